The van der Waals surface area contributed by atoms with Gasteiger partial charge in [0.15, 0.2) is 6.10 Å². The number of quaternary nitrogens is 1. The van der Waals surface area contributed by atoms with Crippen molar-refractivity contribution in [2.45, 2.75) is 207 Å². The zero-order valence-electron chi connectivity index (χ0n) is 42.1. The van der Waals surface area contributed by atoms with Crippen molar-refractivity contribution in [1.29, 1.82) is 0 Å². The maximum Gasteiger partial charge on any atom is 0.306 e. The van der Waals surface area contributed by atoms with E-state index in [0.717, 1.165) is 64.2 Å². The van der Waals surface area contributed by atoms with Gasteiger partial charge >= 0.3 is 11.9 Å². The fourth-order valence-electron chi connectivity index (χ4n) is 8.17. The monoisotopic (exact) mass is 952 g/mol. The standard InChI is InChI=1S/C52H90NO12P/c1-8-10-22-28-43(54)34-35-46-45(47(55)38-48(46)56)29-24-20-21-26-32-51(57)61-39-44(40-63-66(59,60)62-37-36-53(5,6)7)64-52(58)33-27-19-17-15-13-12-14-16-18-25-31-50-42(4)41(3)49(65-50)30-23-11-9-2/h20,24,34-35,43-47,54-55H,8-19,21-23,25-33,36-40H2,1-7H3/b24-20-,35-34+/t43-,44+,45+,46+,47-/m0/s1. The Morgan fingerprint density at radius 1 is 0.803 bits per heavy atom. The molecule has 14 heteroatoms. The maximum absolute atomic E-state index is 12.8. The largest absolute Gasteiger partial charge is 0.756 e. The Hall–Kier alpha value is -2.64. The lowest BCUT2D eigenvalue weighted by atomic mass is 9.90. The Bertz CT molecular complexity index is 1620. The zero-order valence-corrected chi connectivity index (χ0v) is 43.0. The van der Waals surface area contributed by atoms with E-state index in [4.69, 9.17) is 22.9 Å². The van der Waals surface area contributed by atoms with E-state index in [1.807, 2.05) is 33.3 Å². The molecule has 1 aliphatic rings. The molecule has 0 spiro atoms. The number of hydrogen-bond donors (Lipinski definition) is 2. The number of likely N-dealkylation sites (N-methyl/N-ethyl adjacent to an activating group) is 1. The summed E-state index contributed by atoms with van der Waals surface area (Å²) in [5.41, 5.74) is 2.66. The highest BCUT2D eigenvalue weighted by Crippen LogP contribution is 2.38. The lowest BCUT2D eigenvalue weighted by Gasteiger charge is -2.28. The quantitative estimate of drug-likeness (QED) is 0.0210. The summed E-state index contributed by atoms with van der Waals surface area (Å²) < 4.78 is 40.2. The predicted octanol–water partition coefficient (Wildman–Crippen LogP) is 10.3. The molecule has 0 bridgehead atoms. The van der Waals surface area contributed by atoms with Crippen LogP contribution >= 0.6 is 7.82 Å². The average molecular weight is 952 g/mol. The van der Waals surface area contributed by atoms with Gasteiger partial charge in [0, 0.05) is 43.9 Å². The number of esters is 2. The van der Waals surface area contributed by atoms with E-state index < -0.39 is 50.6 Å². The number of phosphoric acid groups is 1. The van der Waals surface area contributed by atoms with Crippen molar-refractivity contribution in [1.82, 2.24) is 0 Å². The lowest BCUT2D eigenvalue weighted by molar-refractivity contribution is -0.870. The minimum atomic E-state index is -4.71. The molecule has 0 aromatic carbocycles. The Kier molecular flexibility index (Phi) is 30.5. The second-order valence-electron chi connectivity index (χ2n) is 19.6. The second-order valence-corrected chi connectivity index (χ2v) is 21.0. The minimum absolute atomic E-state index is 0.0303. The molecule has 0 saturated heterocycles. The number of Topliss-reactive ketones (excluding diaryl/α,β-unsaturated/α-hetero) is 1. The number of rotatable bonds is 39. The molecule has 380 valence electrons. The van der Waals surface area contributed by atoms with Crippen LogP contribution in [0.5, 0.6) is 0 Å². The van der Waals surface area contributed by atoms with Gasteiger partial charge in [0.25, 0.3) is 7.82 Å². The van der Waals surface area contributed by atoms with E-state index in [9.17, 15) is 34.1 Å². The number of aliphatic hydroxyl groups is 2. The fourth-order valence-corrected chi connectivity index (χ4v) is 8.90. The summed E-state index contributed by atoms with van der Waals surface area (Å²) in [7, 11) is 1.00. The fraction of sp³-hybridized carbons (Fsp3) is 0.788. The van der Waals surface area contributed by atoms with Gasteiger partial charge in [-0.15, -0.1) is 0 Å². The van der Waals surface area contributed by atoms with Crippen molar-refractivity contribution < 1.29 is 61.5 Å². The first kappa shape index (κ1) is 59.5. The summed E-state index contributed by atoms with van der Waals surface area (Å²) in [5, 5.41) is 20.8. The number of carbonyl (C=O) groups is 3. The second kappa shape index (κ2) is 33.8. The number of ether oxygens (including phenoxy) is 2. The number of furan rings is 1. The number of unbranched alkanes of at least 4 members (excludes halogenated alkanes) is 14. The average Bonchev–Trinajstić information content (AvgIpc) is 3.68. The van der Waals surface area contributed by atoms with Gasteiger partial charge in [-0.25, -0.2) is 0 Å². The van der Waals surface area contributed by atoms with E-state index in [1.165, 1.54) is 67.6 Å². The number of nitrogens with zero attached hydrogens (tertiary/aromatic N) is 1. The highest BCUT2D eigenvalue weighted by atomic mass is 31.2. The molecule has 1 saturated carbocycles. The van der Waals surface area contributed by atoms with Gasteiger partial charge in [-0.1, -0.05) is 122 Å². The van der Waals surface area contributed by atoms with Crippen molar-refractivity contribution in [3.63, 3.8) is 0 Å². The van der Waals surface area contributed by atoms with E-state index in [1.54, 1.807) is 12.2 Å². The van der Waals surface area contributed by atoms with Crippen LogP contribution in [0.1, 0.15) is 184 Å². The van der Waals surface area contributed by atoms with Crippen LogP contribution in [0.4, 0.5) is 0 Å². The maximum atomic E-state index is 12.8. The van der Waals surface area contributed by atoms with Gasteiger partial charge in [-0.05, 0) is 69.9 Å². The molecule has 0 amide bonds. The number of aliphatic hydroxyl groups excluding tert-OH is 2. The van der Waals surface area contributed by atoms with Crippen LogP contribution < -0.4 is 4.89 Å². The molecule has 1 aromatic heterocycles. The first-order chi connectivity index (χ1) is 31.5. The molecule has 1 aromatic rings. The van der Waals surface area contributed by atoms with Crippen molar-refractivity contribution in [2.24, 2.45) is 11.8 Å². The molecule has 2 rings (SSSR count). The first-order valence-corrected chi connectivity index (χ1v) is 27.0. The highest BCUT2D eigenvalue weighted by Gasteiger charge is 2.39. The summed E-state index contributed by atoms with van der Waals surface area (Å²) in [6.07, 6.45) is 26.7. The normalized spacial score (nSPS) is 18.6. The topological polar surface area (TPSA) is 182 Å². The Balaban J connectivity index is 1.71. The number of aryl methyl sites for hydroxylation is 2. The number of hydrogen-bond acceptors (Lipinski definition) is 12. The van der Waals surface area contributed by atoms with Gasteiger partial charge in [-0.3, -0.25) is 18.9 Å². The van der Waals surface area contributed by atoms with Gasteiger partial charge in [-0.2, -0.15) is 0 Å². The van der Waals surface area contributed by atoms with Crippen LogP contribution in [0, 0.1) is 25.7 Å². The third-order valence-corrected chi connectivity index (χ3v) is 13.5. The molecule has 6 atom stereocenters. The molecule has 1 unspecified atom stereocenters. The summed E-state index contributed by atoms with van der Waals surface area (Å²) in [6, 6.07) is 0. The van der Waals surface area contributed by atoms with Crippen molar-refractivity contribution in [2.75, 3.05) is 47.5 Å². The molecule has 66 heavy (non-hydrogen) atoms. The number of allylic oxidation sites excluding steroid dienone is 3. The van der Waals surface area contributed by atoms with E-state index in [0.29, 0.717) is 43.1 Å². The van der Waals surface area contributed by atoms with Crippen LogP contribution in [-0.4, -0.2) is 98.2 Å². The molecule has 2 N–H and O–H groups in total. The molecular weight excluding hydrogens is 862 g/mol. The molecular formula is C52H90NO12P. The van der Waals surface area contributed by atoms with Crippen molar-refractivity contribution in [3.8, 4) is 0 Å². The minimum Gasteiger partial charge on any atom is -0.756 e. The predicted molar refractivity (Wildman–Crippen MR) is 259 cm³/mol. The summed E-state index contributed by atoms with van der Waals surface area (Å²) in [5.74, 6) is 0.550. The molecule has 1 aliphatic carbocycles. The highest BCUT2D eigenvalue weighted by molar-refractivity contribution is 7.45. The van der Waals surface area contributed by atoms with E-state index in [-0.39, 0.29) is 44.2 Å². The number of phosphoric ester groups is 1. The Labute approximate surface area is 398 Å². The van der Waals surface area contributed by atoms with E-state index in [2.05, 4.69) is 27.7 Å². The van der Waals surface area contributed by atoms with Gasteiger partial charge in [0.05, 0.1) is 40.0 Å². The van der Waals surface area contributed by atoms with Gasteiger partial charge < -0.3 is 42.5 Å². The smallest absolute Gasteiger partial charge is 0.306 e. The third kappa shape index (κ3) is 26.8. The number of carbonyl (C=O) groups excluding carboxylic acids is 3. The van der Waals surface area contributed by atoms with Crippen LogP contribution in [0.15, 0.2) is 28.7 Å². The SMILES string of the molecule is CCCCCc1oc(CCCCCCCCCCCCC(=O)O[C@H](COC(=O)CCC/C=C\C[C@H]2[C@@H](O)CC(=O)[C@@H]2/C=C/[C@@H](O)CCCCC)COP(=O)([O-])OCC[N+](C)(C)C)c(C)c1C. The van der Waals surface area contributed by atoms with Gasteiger partial charge in [0.2, 0.25) is 0 Å². The third-order valence-electron chi connectivity index (χ3n) is 12.6. The summed E-state index contributed by atoms with van der Waals surface area (Å²) in [4.78, 5) is 50.5. The van der Waals surface area contributed by atoms with Crippen LogP contribution in [0.3, 0.4) is 0 Å². The molecule has 1 heterocycles. The van der Waals surface area contributed by atoms with Crippen LogP contribution in [0.2, 0.25) is 0 Å². The molecule has 0 radical (unpaired) electrons. The Morgan fingerprint density at radius 3 is 2.00 bits per heavy atom. The molecule has 13 nitrogen and oxygen atoms in total. The van der Waals surface area contributed by atoms with Crippen molar-refractivity contribution >= 4 is 25.5 Å². The summed E-state index contributed by atoms with van der Waals surface area (Å²) in [6.45, 7) is 8.15. The molecule has 0 aliphatic heterocycles. The van der Waals surface area contributed by atoms with Crippen LogP contribution in [0.25, 0.3) is 0 Å². The zero-order chi connectivity index (χ0) is 48.8. The van der Waals surface area contributed by atoms with Gasteiger partial charge in [0.1, 0.15) is 37.1 Å². The van der Waals surface area contributed by atoms with Crippen molar-refractivity contribution in [3.05, 3.63) is 47.0 Å². The van der Waals surface area contributed by atoms with Crippen LogP contribution in [-0.2, 0) is 50.3 Å². The number of ketones is 1. The van der Waals surface area contributed by atoms with E-state index >= 15 is 0 Å². The summed E-state index contributed by atoms with van der Waals surface area (Å²) >= 11 is 0. The first-order valence-electron chi connectivity index (χ1n) is 25.5. The lowest BCUT2D eigenvalue weighted by Crippen LogP contribution is -2.37. The Morgan fingerprint density at radius 2 is 1.38 bits per heavy atom. The molecule has 1 fully saturated rings.